The molecular formula is C21H26O2. The highest BCUT2D eigenvalue weighted by atomic mass is 16.5. The van der Waals surface area contributed by atoms with Gasteiger partial charge >= 0.3 is 0 Å². The maximum Gasteiger partial charge on any atom is 0.118 e. The lowest BCUT2D eigenvalue weighted by molar-refractivity contribution is 0.104. The van der Waals surface area contributed by atoms with Gasteiger partial charge in [0.15, 0.2) is 0 Å². The van der Waals surface area contributed by atoms with Crippen molar-refractivity contribution >= 4 is 0 Å². The SMILES string of the molecule is COc1ccc(COC[C@H](C)/C=C/C(C)c2ccccc2)cc1. The molecule has 2 aromatic carbocycles. The lowest BCUT2D eigenvalue weighted by atomic mass is 9.99. The highest BCUT2D eigenvalue weighted by molar-refractivity contribution is 5.26. The Morgan fingerprint density at radius 1 is 0.913 bits per heavy atom. The van der Waals surface area contributed by atoms with Crippen LogP contribution in [0.25, 0.3) is 0 Å². The van der Waals surface area contributed by atoms with E-state index in [2.05, 4.69) is 56.3 Å². The van der Waals surface area contributed by atoms with E-state index in [-0.39, 0.29) is 0 Å². The molecule has 2 rings (SSSR count). The van der Waals surface area contributed by atoms with Crippen molar-refractivity contribution in [2.24, 2.45) is 5.92 Å². The zero-order chi connectivity index (χ0) is 16.5. The number of rotatable bonds is 8. The number of hydrogen-bond acceptors (Lipinski definition) is 2. The summed E-state index contributed by atoms with van der Waals surface area (Å²) in [6.07, 6.45) is 4.50. The van der Waals surface area contributed by atoms with Gasteiger partial charge in [0, 0.05) is 0 Å². The molecule has 0 radical (unpaired) electrons. The van der Waals surface area contributed by atoms with Crippen LogP contribution in [0.2, 0.25) is 0 Å². The highest BCUT2D eigenvalue weighted by Gasteiger charge is 2.03. The van der Waals surface area contributed by atoms with E-state index in [1.54, 1.807) is 7.11 Å². The summed E-state index contributed by atoms with van der Waals surface area (Å²) in [6, 6.07) is 18.6. The van der Waals surface area contributed by atoms with Crippen LogP contribution in [-0.4, -0.2) is 13.7 Å². The molecule has 1 unspecified atom stereocenters. The van der Waals surface area contributed by atoms with Gasteiger partial charge in [0.05, 0.1) is 20.3 Å². The summed E-state index contributed by atoms with van der Waals surface area (Å²) < 4.78 is 11.0. The van der Waals surface area contributed by atoms with Crippen LogP contribution in [0.15, 0.2) is 66.7 Å². The van der Waals surface area contributed by atoms with Crippen molar-refractivity contribution in [3.05, 3.63) is 77.9 Å². The van der Waals surface area contributed by atoms with Crippen molar-refractivity contribution in [1.29, 1.82) is 0 Å². The lowest BCUT2D eigenvalue weighted by Crippen LogP contribution is -2.04. The third kappa shape index (κ3) is 5.91. The molecule has 0 bridgehead atoms. The quantitative estimate of drug-likeness (QED) is 0.623. The van der Waals surface area contributed by atoms with Crippen LogP contribution in [0.3, 0.4) is 0 Å². The molecular weight excluding hydrogens is 284 g/mol. The van der Waals surface area contributed by atoms with E-state index in [4.69, 9.17) is 9.47 Å². The molecule has 2 heteroatoms. The van der Waals surface area contributed by atoms with E-state index in [9.17, 15) is 0 Å². The Bertz CT molecular complexity index is 587. The second kappa shape index (κ2) is 9.16. The first kappa shape index (κ1) is 17.3. The zero-order valence-corrected chi connectivity index (χ0v) is 14.2. The van der Waals surface area contributed by atoms with E-state index < -0.39 is 0 Å². The van der Waals surface area contributed by atoms with Gasteiger partial charge in [0.1, 0.15) is 5.75 Å². The molecule has 0 aliphatic rings. The Kier molecular flexibility index (Phi) is 6.89. The Morgan fingerprint density at radius 3 is 2.26 bits per heavy atom. The average Bonchev–Trinajstić information content (AvgIpc) is 2.61. The monoisotopic (exact) mass is 310 g/mol. The summed E-state index contributed by atoms with van der Waals surface area (Å²) in [4.78, 5) is 0. The molecule has 0 heterocycles. The highest BCUT2D eigenvalue weighted by Crippen LogP contribution is 2.17. The molecule has 2 atom stereocenters. The first-order valence-corrected chi connectivity index (χ1v) is 8.13. The number of ether oxygens (including phenoxy) is 2. The van der Waals surface area contributed by atoms with Gasteiger partial charge in [0.25, 0.3) is 0 Å². The predicted octanol–water partition coefficient (Wildman–Crippen LogP) is 5.21. The molecule has 2 nitrogen and oxygen atoms in total. The van der Waals surface area contributed by atoms with Crippen molar-refractivity contribution in [2.75, 3.05) is 13.7 Å². The van der Waals surface area contributed by atoms with Gasteiger partial charge in [-0.1, -0.05) is 68.5 Å². The third-order valence-electron chi connectivity index (χ3n) is 3.86. The van der Waals surface area contributed by atoms with Crippen LogP contribution < -0.4 is 4.74 Å². The summed E-state index contributed by atoms with van der Waals surface area (Å²) in [7, 11) is 1.68. The van der Waals surface area contributed by atoms with Gasteiger partial charge in [-0.15, -0.1) is 0 Å². The molecule has 0 N–H and O–H groups in total. The predicted molar refractivity (Wildman–Crippen MR) is 95.8 cm³/mol. The van der Waals surface area contributed by atoms with Crippen LogP contribution in [0.4, 0.5) is 0 Å². The fourth-order valence-corrected chi connectivity index (χ4v) is 2.36. The second-order valence-electron chi connectivity index (χ2n) is 5.92. The first-order valence-electron chi connectivity index (χ1n) is 8.13. The van der Waals surface area contributed by atoms with Crippen molar-refractivity contribution < 1.29 is 9.47 Å². The number of allylic oxidation sites excluding steroid dienone is 1. The Hall–Kier alpha value is -2.06. The summed E-state index contributed by atoms with van der Waals surface area (Å²) in [5.74, 6) is 1.71. The molecule has 0 amide bonds. The van der Waals surface area contributed by atoms with E-state index in [1.165, 1.54) is 11.1 Å². The molecule has 0 aromatic heterocycles. The molecule has 122 valence electrons. The van der Waals surface area contributed by atoms with Crippen LogP contribution in [0.5, 0.6) is 5.75 Å². The molecule has 0 saturated heterocycles. The largest absolute Gasteiger partial charge is 0.497 e. The molecule has 0 saturated carbocycles. The Balaban J connectivity index is 1.74. The van der Waals surface area contributed by atoms with Gasteiger partial charge < -0.3 is 9.47 Å². The summed E-state index contributed by atoms with van der Waals surface area (Å²) >= 11 is 0. The van der Waals surface area contributed by atoms with E-state index in [0.717, 1.165) is 12.4 Å². The van der Waals surface area contributed by atoms with Gasteiger partial charge in [-0.3, -0.25) is 0 Å². The Labute approximate surface area is 139 Å². The minimum absolute atomic E-state index is 0.402. The fraction of sp³-hybridized carbons (Fsp3) is 0.333. The number of methoxy groups -OCH3 is 1. The summed E-state index contributed by atoms with van der Waals surface area (Å²) in [5, 5.41) is 0. The molecule has 0 aliphatic carbocycles. The zero-order valence-electron chi connectivity index (χ0n) is 14.2. The molecule has 0 aliphatic heterocycles. The fourth-order valence-electron chi connectivity index (χ4n) is 2.36. The van der Waals surface area contributed by atoms with Gasteiger partial charge in [-0.2, -0.15) is 0 Å². The normalized spacial score (nSPS) is 13.9. The van der Waals surface area contributed by atoms with Crippen molar-refractivity contribution in [1.82, 2.24) is 0 Å². The lowest BCUT2D eigenvalue weighted by Gasteiger charge is -2.10. The van der Waals surface area contributed by atoms with Crippen LogP contribution in [0, 0.1) is 5.92 Å². The number of benzene rings is 2. The molecule has 0 spiro atoms. The van der Waals surface area contributed by atoms with Gasteiger partial charge in [0.2, 0.25) is 0 Å². The van der Waals surface area contributed by atoms with Gasteiger partial charge in [-0.05, 0) is 35.1 Å². The van der Waals surface area contributed by atoms with Crippen LogP contribution in [-0.2, 0) is 11.3 Å². The minimum atomic E-state index is 0.402. The Morgan fingerprint density at radius 2 is 1.61 bits per heavy atom. The van der Waals surface area contributed by atoms with Crippen LogP contribution in [0.1, 0.15) is 30.9 Å². The van der Waals surface area contributed by atoms with Crippen molar-refractivity contribution in [2.45, 2.75) is 26.4 Å². The summed E-state index contributed by atoms with van der Waals surface area (Å²) in [5.41, 5.74) is 2.51. The topological polar surface area (TPSA) is 18.5 Å². The smallest absolute Gasteiger partial charge is 0.118 e. The molecule has 23 heavy (non-hydrogen) atoms. The standard InChI is InChI=1S/C21H26O2/c1-17(9-10-18(2)20-7-5-4-6-8-20)15-23-16-19-11-13-21(22-3)14-12-19/h4-14,17-18H,15-16H2,1-3H3/b10-9+/t17-,18?/m1/s1. The molecule has 0 fully saturated rings. The third-order valence-corrected chi connectivity index (χ3v) is 3.86. The minimum Gasteiger partial charge on any atom is -0.497 e. The maximum absolute atomic E-state index is 5.80. The average molecular weight is 310 g/mol. The van der Waals surface area contributed by atoms with Crippen LogP contribution >= 0.6 is 0 Å². The molecule has 2 aromatic rings. The second-order valence-corrected chi connectivity index (χ2v) is 5.92. The van der Waals surface area contributed by atoms with Gasteiger partial charge in [-0.25, -0.2) is 0 Å². The first-order chi connectivity index (χ1) is 11.2. The number of hydrogen-bond donors (Lipinski definition) is 0. The van der Waals surface area contributed by atoms with E-state index in [0.29, 0.717) is 18.4 Å². The van der Waals surface area contributed by atoms with E-state index >= 15 is 0 Å². The van der Waals surface area contributed by atoms with E-state index in [1.807, 2.05) is 24.3 Å². The maximum atomic E-state index is 5.80. The van der Waals surface area contributed by atoms with Crippen molar-refractivity contribution in [3.63, 3.8) is 0 Å². The summed E-state index contributed by atoms with van der Waals surface area (Å²) in [6.45, 7) is 5.76. The van der Waals surface area contributed by atoms with Crippen molar-refractivity contribution in [3.8, 4) is 5.75 Å².